The zero-order valence-corrected chi connectivity index (χ0v) is 18.2. The molecule has 1 saturated carbocycles. The zero-order chi connectivity index (χ0) is 21.6. The van der Waals surface area contributed by atoms with Gasteiger partial charge in [0, 0.05) is 17.3 Å². The van der Waals surface area contributed by atoms with Crippen molar-refractivity contribution in [1.82, 2.24) is 5.32 Å². The number of benzene rings is 2. The van der Waals surface area contributed by atoms with Crippen molar-refractivity contribution in [3.63, 3.8) is 0 Å². The number of anilines is 1. The van der Waals surface area contributed by atoms with E-state index in [1.165, 1.54) is 24.8 Å². The number of nitrogens with one attached hydrogen (secondary N) is 2. The SMILES string of the molecule is CC(C)(C)c1ccc(OCC(=O)Nc2cccc(C(=O)NC3CCCCC3)c2)cc1. The highest BCUT2D eigenvalue weighted by Crippen LogP contribution is 2.24. The number of hydrogen-bond donors (Lipinski definition) is 2. The Kier molecular flexibility index (Phi) is 7.14. The maximum atomic E-state index is 12.5. The summed E-state index contributed by atoms with van der Waals surface area (Å²) in [7, 11) is 0. The molecular formula is C25H32N2O3. The molecule has 0 bridgehead atoms. The van der Waals surface area contributed by atoms with Crippen molar-refractivity contribution >= 4 is 17.5 Å². The van der Waals surface area contributed by atoms with Crippen LogP contribution in [0, 0.1) is 0 Å². The van der Waals surface area contributed by atoms with Crippen LogP contribution in [0.15, 0.2) is 48.5 Å². The molecule has 0 atom stereocenters. The molecule has 2 N–H and O–H groups in total. The molecule has 0 radical (unpaired) electrons. The van der Waals surface area contributed by atoms with Gasteiger partial charge in [0.05, 0.1) is 0 Å². The Hall–Kier alpha value is -2.82. The van der Waals surface area contributed by atoms with E-state index in [2.05, 4.69) is 31.4 Å². The maximum Gasteiger partial charge on any atom is 0.262 e. The molecule has 0 aromatic heterocycles. The molecule has 2 amide bonds. The topological polar surface area (TPSA) is 67.4 Å². The Morgan fingerprint density at radius 1 is 1.00 bits per heavy atom. The van der Waals surface area contributed by atoms with Crippen LogP contribution in [0.3, 0.4) is 0 Å². The van der Waals surface area contributed by atoms with Crippen LogP contribution in [0.4, 0.5) is 5.69 Å². The number of carbonyl (C=O) groups is 2. The van der Waals surface area contributed by atoms with E-state index in [0.29, 0.717) is 17.0 Å². The number of hydrogen-bond acceptors (Lipinski definition) is 3. The van der Waals surface area contributed by atoms with E-state index in [1.54, 1.807) is 24.3 Å². The minimum absolute atomic E-state index is 0.0736. The molecule has 5 heteroatoms. The highest BCUT2D eigenvalue weighted by molar-refractivity contribution is 5.97. The first kappa shape index (κ1) is 21.9. The smallest absolute Gasteiger partial charge is 0.262 e. The van der Waals surface area contributed by atoms with Crippen LogP contribution in [-0.4, -0.2) is 24.5 Å². The zero-order valence-electron chi connectivity index (χ0n) is 18.2. The summed E-state index contributed by atoms with van der Waals surface area (Å²) in [5.74, 6) is 0.298. The second-order valence-electron chi connectivity index (χ2n) is 9.00. The van der Waals surface area contributed by atoms with E-state index in [9.17, 15) is 9.59 Å². The van der Waals surface area contributed by atoms with Crippen molar-refractivity contribution in [3.05, 3.63) is 59.7 Å². The standard InChI is InChI=1S/C25H32N2O3/c1-25(2,3)19-12-14-22(15-13-19)30-17-23(28)26-21-11-7-8-18(16-21)24(29)27-20-9-5-4-6-10-20/h7-8,11-16,20H,4-6,9-10,17H2,1-3H3,(H,26,28)(H,27,29). The third kappa shape index (κ3) is 6.34. The Morgan fingerprint density at radius 2 is 1.70 bits per heavy atom. The van der Waals surface area contributed by atoms with Crippen LogP contribution in [0.1, 0.15) is 68.8 Å². The molecule has 0 spiro atoms. The van der Waals surface area contributed by atoms with Crippen molar-refractivity contribution in [2.45, 2.75) is 64.3 Å². The monoisotopic (exact) mass is 408 g/mol. The first-order valence-electron chi connectivity index (χ1n) is 10.8. The number of rotatable bonds is 6. The van der Waals surface area contributed by atoms with Gasteiger partial charge in [-0.15, -0.1) is 0 Å². The lowest BCUT2D eigenvalue weighted by atomic mass is 9.87. The van der Waals surface area contributed by atoms with Crippen molar-refractivity contribution in [2.75, 3.05) is 11.9 Å². The number of carbonyl (C=O) groups excluding carboxylic acids is 2. The van der Waals surface area contributed by atoms with Crippen LogP contribution in [-0.2, 0) is 10.2 Å². The molecule has 1 fully saturated rings. The van der Waals surface area contributed by atoms with Gasteiger partial charge in [-0.3, -0.25) is 9.59 Å². The van der Waals surface area contributed by atoms with E-state index < -0.39 is 0 Å². The largest absolute Gasteiger partial charge is 0.484 e. The van der Waals surface area contributed by atoms with Gasteiger partial charge in [-0.25, -0.2) is 0 Å². The van der Waals surface area contributed by atoms with Gasteiger partial charge < -0.3 is 15.4 Å². The van der Waals surface area contributed by atoms with Gasteiger partial charge in [0.15, 0.2) is 6.61 Å². The Morgan fingerprint density at radius 3 is 2.37 bits per heavy atom. The minimum Gasteiger partial charge on any atom is -0.484 e. The van der Waals surface area contributed by atoms with Gasteiger partial charge in [-0.2, -0.15) is 0 Å². The maximum absolute atomic E-state index is 12.5. The lowest BCUT2D eigenvalue weighted by Crippen LogP contribution is -2.36. The summed E-state index contributed by atoms with van der Waals surface area (Å²) >= 11 is 0. The van der Waals surface area contributed by atoms with E-state index in [-0.39, 0.29) is 29.9 Å². The molecule has 2 aromatic carbocycles. The fourth-order valence-corrected chi connectivity index (χ4v) is 3.65. The summed E-state index contributed by atoms with van der Waals surface area (Å²) < 4.78 is 5.59. The third-order valence-corrected chi connectivity index (χ3v) is 5.44. The van der Waals surface area contributed by atoms with Crippen molar-refractivity contribution < 1.29 is 14.3 Å². The van der Waals surface area contributed by atoms with Crippen molar-refractivity contribution in [1.29, 1.82) is 0 Å². The predicted molar refractivity (Wildman–Crippen MR) is 120 cm³/mol. The second-order valence-corrected chi connectivity index (χ2v) is 9.00. The molecule has 0 saturated heterocycles. The molecule has 1 aliphatic carbocycles. The molecule has 5 nitrogen and oxygen atoms in total. The van der Waals surface area contributed by atoms with E-state index >= 15 is 0 Å². The fraction of sp³-hybridized carbons (Fsp3) is 0.440. The first-order valence-corrected chi connectivity index (χ1v) is 10.8. The average Bonchev–Trinajstić information content (AvgIpc) is 2.73. The highest BCUT2D eigenvalue weighted by Gasteiger charge is 2.17. The van der Waals surface area contributed by atoms with E-state index in [0.717, 1.165) is 12.8 Å². The molecule has 30 heavy (non-hydrogen) atoms. The lowest BCUT2D eigenvalue weighted by molar-refractivity contribution is -0.118. The van der Waals surface area contributed by atoms with E-state index in [4.69, 9.17) is 4.74 Å². The van der Waals surface area contributed by atoms with Crippen molar-refractivity contribution in [3.8, 4) is 5.75 Å². The average molecular weight is 409 g/mol. The van der Waals surface area contributed by atoms with E-state index in [1.807, 2.05) is 24.3 Å². The van der Waals surface area contributed by atoms with Crippen LogP contribution in [0.5, 0.6) is 5.75 Å². The Labute approximate surface area is 179 Å². The molecule has 1 aliphatic rings. The predicted octanol–water partition coefficient (Wildman–Crippen LogP) is 5.06. The minimum atomic E-state index is -0.264. The Bertz CT molecular complexity index is 863. The quantitative estimate of drug-likeness (QED) is 0.702. The summed E-state index contributed by atoms with van der Waals surface area (Å²) in [6.45, 7) is 6.37. The normalized spacial score (nSPS) is 14.8. The summed E-state index contributed by atoms with van der Waals surface area (Å²) in [6.07, 6.45) is 5.66. The van der Waals surface area contributed by atoms with Crippen LogP contribution < -0.4 is 15.4 Å². The molecule has 3 rings (SSSR count). The van der Waals surface area contributed by atoms with Gasteiger partial charge in [0.25, 0.3) is 11.8 Å². The molecule has 2 aromatic rings. The van der Waals surface area contributed by atoms with Crippen molar-refractivity contribution in [2.24, 2.45) is 0 Å². The fourth-order valence-electron chi connectivity index (χ4n) is 3.65. The van der Waals surface area contributed by atoms with Crippen LogP contribution >= 0.6 is 0 Å². The molecule has 0 aliphatic heterocycles. The van der Waals surface area contributed by atoms with Crippen LogP contribution in [0.25, 0.3) is 0 Å². The summed E-state index contributed by atoms with van der Waals surface area (Å²) in [4.78, 5) is 24.8. The Balaban J connectivity index is 1.51. The summed E-state index contributed by atoms with van der Waals surface area (Å²) in [5.41, 5.74) is 2.42. The van der Waals surface area contributed by atoms with Gasteiger partial charge in [0.2, 0.25) is 0 Å². The molecule has 160 valence electrons. The third-order valence-electron chi connectivity index (χ3n) is 5.44. The number of amides is 2. The molecule has 0 heterocycles. The van der Waals surface area contributed by atoms with Gasteiger partial charge >= 0.3 is 0 Å². The van der Waals surface area contributed by atoms with Crippen LogP contribution in [0.2, 0.25) is 0 Å². The summed E-state index contributed by atoms with van der Waals surface area (Å²) in [5, 5.41) is 5.90. The highest BCUT2D eigenvalue weighted by atomic mass is 16.5. The lowest BCUT2D eigenvalue weighted by Gasteiger charge is -2.22. The van der Waals surface area contributed by atoms with Gasteiger partial charge in [-0.1, -0.05) is 58.2 Å². The molecule has 0 unspecified atom stereocenters. The molecular weight excluding hydrogens is 376 g/mol. The first-order chi connectivity index (χ1) is 14.3. The number of ether oxygens (including phenoxy) is 1. The second kappa shape index (κ2) is 9.79. The van der Waals surface area contributed by atoms with Gasteiger partial charge in [0.1, 0.15) is 5.75 Å². The van der Waals surface area contributed by atoms with Gasteiger partial charge in [-0.05, 0) is 54.2 Å². The summed E-state index contributed by atoms with van der Waals surface area (Å²) in [6, 6.07) is 15.1.